The molecule has 3 saturated heterocycles. The van der Waals surface area contributed by atoms with Crippen LogP contribution in [0.25, 0.3) is 0 Å². The summed E-state index contributed by atoms with van der Waals surface area (Å²) in [5.41, 5.74) is 0.837. The highest BCUT2D eigenvalue weighted by atomic mass is 16.2. The molecule has 1 aromatic rings. The summed E-state index contributed by atoms with van der Waals surface area (Å²) in [4.78, 5) is 83.2. The molecule has 7 amide bonds. The zero-order chi connectivity index (χ0) is 31.8. The average Bonchev–Trinajstić information content (AvgIpc) is 3.61. The maximum absolute atomic E-state index is 13.9. The van der Waals surface area contributed by atoms with E-state index >= 15 is 0 Å². The first-order valence-corrected chi connectivity index (χ1v) is 15.6. The van der Waals surface area contributed by atoms with Crippen molar-refractivity contribution < 1.29 is 28.8 Å². The normalized spacial score (nSPS) is 27.0. The fourth-order valence-corrected chi connectivity index (χ4v) is 6.00. The molecule has 3 aliphatic heterocycles. The van der Waals surface area contributed by atoms with Gasteiger partial charge in [-0.05, 0) is 43.7 Å². The van der Waals surface area contributed by atoms with Gasteiger partial charge in [0.05, 0.1) is 18.6 Å². The Balaban J connectivity index is 1.65. The molecule has 0 bridgehead atoms. The molecule has 44 heavy (non-hydrogen) atoms. The van der Waals surface area contributed by atoms with E-state index < -0.39 is 60.5 Å². The number of nitrogens with one attached hydrogen (secondary N) is 5. The molecule has 0 spiro atoms. The lowest BCUT2D eigenvalue weighted by molar-refractivity contribution is -0.134. The first-order valence-electron chi connectivity index (χ1n) is 15.6. The maximum atomic E-state index is 13.9. The Morgan fingerprint density at radius 2 is 1.77 bits per heavy atom. The Hall–Kier alpha value is -4.00. The molecule has 3 fully saturated rings. The van der Waals surface area contributed by atoms with E-state index in [1.165, 1.54) is 0 Å². The van der Waals surface area contributed by atoms with E-state index in [2.05, 4.69) is 26.6 Å². The average molecular weight is 612 g/mol. The third-order valence-corrected chi connectivity index (χ3v) is 8.26. The minimum absolute atomic E-state index is 0.0237. The molecule has 4 rings (SSSR count). The van der Waals surface area contributed by atoms with Crippen molar-refractivity contribution in [2.45, 2.75) is 89.5 Å². The molecule has 0 radical (unpaired) electrons. The van der Waals surface area contributed by atoms with Crippen LogP contribution in [-0.2, 0) is 30.4 Å². The van der Waals surface area contributed by atoms with Gasteiger partial charge in [-0.1, -0.05) is 57.5 Å². The van der Waals surface area contributed by atoms with E-state index in [-0.39, 0.29) is 37.1 Å². The summed E-state index contributed by atoms with van der Waals surface area (Å²) in [6.45, 7) is 6.56. The number of hydrogen-bond acceptors (Lipinski definition) is 7. The van der Waals surface area contributed by atoms with Crippen LogP contribution in [0.15, 0.2) is 30.3 Å². The van der Waals surface area contributed by atoms with Gasteiger partial charge in [0.2, 0.25) is 29.5 Å². The molecule has 3 heterocycles. The quantitative estimate of drug-likeness (QED) is 0.204. The minimum Gasteiger partial charge on any atom is -0.355 e. The summed E-state index contributed by atoms with van der Waals surface area (Å²) in [7, 11) is 0. The highest BCUT2D eigenvalue weighted by Gasteiger charge is 2.53. The van der Waals surface area contributed by atoms with Crippen LogP contribution in [-0.4, -0.2) is 102 Å². The van der Waals surface area contributed by atoms with E-state index in [4.69, 9.17) is 0 Å². The number of carbonyl (C=O) groups is 6. The zero-order valence-electron chi connectivity index (χ0n) is 25.8. The van der Waals surface area contributed by atoms with Crippen LogP contribution in [0.1, 0.15) is 58.4 Å². The molecule has 13 nitrogen and oxygen atoms in total. The Labute approximate surface area is 258 Å². The lowest BCUT2D eigenvalue weighted by Crippen LogP contribution is -2.58. The number of amides is 7. The Kier molecular flexibility index (Phi) is 11.3. The van der Waals surface area contributed by atoms with Crippen molar-refractivity contribution in [3.05, 3.63) is 35.9 Å². The van der Waals surface area contributed by atoms with Gasteiger partial charge >= 0.3 is 6.03 Å². The van der Waals surface area contributed by atoms with Gasteiger partial charge < -0.3 is 26.2 Å². The zero-order valence-corrected chi connectivity index (χ0v) is 25.8. The van der Waals surface area contributed by atoms with Crippen molar-refractivity contribution in [1.82, 2.24) is 36.4 Å². The van der Waals surface area contributed by atoms with Crippen molar-refractivity contribution in [3.63, 3.8) is 0 Å². The predicted molar refractivity (Wildman–Crippen MR) is 162 cm³/mol. The lowest BCUT2D eigenvalue weighted by atomic mass is 10.0. The molecule has 0 saturated carbocycles. The Morgan fingerprint density at radius 1 is 1.02 bits per heavy atom. The summed E-state index contributed by atoms with van der Waals surface area (Å²) >= 11 is 0. The van der Waals surface area contributed by atoms with Crippen LogP contribution >= 0.6 is 0 Å². The molecule has 1 aromatic carbocycles. The molecular formula is C31H45N7O6. The lowest BCUT2D eigenvalue weighted by Gasteiger charge is -2.32. The topological polar surface area (TPSA) is 169 Å². The number of imide groups is 1. The third kappa shape index (κ3) is 8.55. The van der Waals surface area contributed by atoms with Crippen LogP contribution in [0, 0.1) is 5.92 Å². The molecule has 240 valence electrons. The van der Waals surface area contributed by atoms with Crippen LogP contribution < -0.4 is 26.6 Å². The number of nitrogens with zero attached hydrogens (tertiary/aromatic N) is 2. The van der Waals surface area contributed by atoms with Crippen LogP contribution in [0.2, 0.25) is 0 Å². The number of urea groups is 1. The van der Waals surface area contributed by atoms with Gasteiger partial charge in [-0.2, -0.15) is 0 Å². The first kappa shape index (κ1) is 32.9. The van der Waals surface area contributed by atoms with Crippen molar-refractivity contribution >= 4 is 35.6 Å². The fourth-order valence-electron chi connectivity index (χ4n) is 6.00. The minimum atomic E-state index is -0.997. The van der Waals surface area contributed by atoms with Crippen LogP contribution in [0.5, 0.6) is 0 Å². The molecule has 0 aromatic heterocycles. The molecule has 0 unspecified atom stereocenters. The SMILES string of the molecule is CCCCNC(=O)[C@H]1[C@@H]2CN2C(=O)[C@H](Cc2ccccc2)NC(=O)CNC(=O)[C@H](CC(C)C)NC(=O)NC(=O)[C@@H]2CCCN21. The summed E-state index contributed by atoms with van der Waals surface area (Å²) in [6.07, 6.45) is 3.22. The van der Waals surface area contributed by atoms with Gasteiger partial charge in [-0.25, -0.2) is 4.79 Å². The number of rotatable bonds is 8. The molecule has 3 aliphatic rings. The highest BCUT2D eigenvalue weighted by Crippen LogP contribution is 2.31. The Morgan fingerprint density at radius 3 is 2.48 bits per heavy atom. The summed E-state index contributed by atoms with van der Waals surface area (Å²) in [6, 6.07) is 4.43. The second kappa shape index (κ2) is 15.1. The standard InChI is InChI=1S/C31H45N7O6/c1-4-5-13-32-29(42)26-24-18-38(24)30(43)22(16-20-10-7-6-8-11-20)34-25(39)17-33-27(40)21(15-19(2)3)35-31(44)36-28(41)23-12-9-14-37(23)26/h6-8,10-11,19,21-24,26H,4-5,9,12-18H2,1-3H3,(H,32,42)(H,33,40)(H,34,39)(H2,35,36,41,44)/t21-,22-,23-,24-,26+,38?/m0/s1. The van der Waals surface area contributed by atoms with Gasteiger partial charge in [0, 0.05) is 19.5 Å². The fraction of sp³-hybridized carbons (Fsp3) is 0.613. The number of fused-ring (bicyclic) bond motifs is 2. The number of hydrogen-bond donors (Lipinski definition) is 5. The maximum Gasteiger partial charge on any atom is 0.322 e. The Bertz CT molecular complexity index is 1230. The van der Waals surface area contributed by atoms with Crippen molar-refractivity contribution in [2.75, 3.05) is 26.2 Å². The molecular weight excluding hydrogens is 566 g/mol. The summed E-state index contributed by atoms with van der Waals surface area (Å²) in [5, 5.41) is 13.2. The largest absolute Gasteiger partial charge is 0.355 e. The highest BCUT2D eigenvalue weighted by molar-refractivity contribution is 6.00. The van der Waals surface area contributed by atoms with Crippen molar-refractivity contribution in [1.29, 1.82) is 0 Å². The van der Waals surface area contributed by atoms with Crippen LogP contribution in [0.4, 0.5) is 4.79 Å². The van der Waals surface area contributed by atoms with Gasteiger partial charge in [0.1, 0.15) is 18.1 Å². The number of benzene rings is 1. The molecule has 5 atom stereocenters. The third-order valence-electron chi connectivity index (χ3n) is 8.26. The van der Waals surface area contributed by atoms with E-state index in [1.807, 2.05) is 51.1 Å². The second-order valence-electron chi connectivity index (χ2n) is 12.2. The van der Waals surface area contributed by atoms with E-state index in [0.29, 0.717) is 25.9 Å². The van der Waals surface area contributed by atoms with Gasteiger partial charge in [-0.3, -0.25) is 34.2 Å². The van der Waals surface area contributed by atoms with Crippen molar-refractivity contribution in [3.8, 4) is 0 Å². The monoisotopic (exact) mass is 611 g/mol. The van der Waals surface area contributed by atoms with Gasteiger partial charge in [0.15, 0.2) is 0 Å². The summed E-state index contributed by atoms with van der Waals surface area (Å²) < 4.78 is 0. The van der Waals surface area contributed by atoms with Gasteiger partial charge in [-0.15, -0.1) is 0 Å². The smallest absolute Gasteiger partial charge is 0.322 e. The molecule has 0 aliphatic carbocycles. The van der Waals surface area contributed by atoms with Crippen molar-refractivity contribution in [2.24, 2.45) is 5.92 Å². The summed E-state index contributed by atoms with van der Waals surface area (Å²) in [5.74, 6) is -2.32. The number of unbranched alkanes of at least 4 members (excludes halogenated alkanes) is 1. The van der Waals surface area contributed by atoms with E-state index in [0.717, 1.165) is 18.4 Å². The van der Waals surface area contributed by atoms with Gasteiger partial charge in [0.25, 0.3) is 0 Å². The van der Waals surface area contributed by atoms with E-state index in [9.17, 15) is 28.8 Å². The van der Waals surface area contributed by atoms with Crippen LogP contribution in [0.3, 0.4) is 0 Å². The number of carbonyl (C=O) groups excluding carboxylic acids is 6. The molecule has 5 N–H and O–H groups in total. The predicted octanol–water partition coefficient (Wildman–Crippen LogP) is 0.0443. The van der Waals surface area contributed by atoms with E-state index in [1.54, 1.807) is 9.80 Å². The molecule has 13 heteroatoms. The first-order chi connectivity index (χ1) is 21.1. The second-order valence-corrected chi connectivity index (χ2v) is 12.2.